The standard InChI is InChI=1S/C16H21NO4/c1-11-8-14(11)15-4-2-13(21-15)3-5-16(19)17-6-7-20-10-12(17)9-18/h2-5,11-12,14,18H,6-10H2,1H3/b5-3+. The number of hydrogen-bond acceptors (Lipinski definition) is 4. The zero-order chi connectivity index (χ0) is 14.8. The van der Waals surface area contributed by atoms with Crippen LogP contribution in [0.3, 0.4) is 0 Å². The van der Waals surface area contributed by atoms with Crippen LogP contribution in [0.25, 0.3) is 6.08 Å². The fourth-order valence-corrected chi connectivity index (χ4v) is 2.72. The van der Waals surface area contributed by atoms with E-state index in [9.17, 15) is 9.90 Å². The number of morpholine rings is 1. The van der Waals surface area contributed by atoms with Crippen LogP contribution in [0.4, 0.5) is 0 Å². The van der Waals surface area contributed by atoms with E-state index in [-0.39, 0.29) is 18.6 Å². The molecule has 0 bridgehead atoms. The van der Waals surface area contributed by atoms with Crippen LogP contribution in [-0.4, -0.2) is 48.3 Å². The van der Waals surface area contributed by atoms with Crippen molar-refractivity contribution in [3.63, 3.8) is 0 Å². The minimum Gasteiger partial charge on any atom is -0.461 e. The average Bonchev–Trinajstić information content (AvgIpc) is 3.06. The summed E-state index contributed by atoms with van der Waals surface area (Å²) in [7, 11) is 0. The quantitative estimate of drug-likeness (QED) is 0.857. The maximum Gasteiger partial charge on any atom is 0.247 e. The Labute approximate surface area is 124 Å². The Bertz CT molecular complexity index is 536. The van der Waals surface area contributed by atoms with Gasteiger partial charge in [0.25, 0.3) is 0 Å². The first-order valence-corrected chi connectivity index (χ1v) is 7.46. The number of hydrogen-bond donors (Lipinski definition) is 1. The molecule has 1 amide bonds. The van der Waals surface area contributed by atoms with Gasteiger partial charge in [0.15, 0.2) is 0 Å². The highest BCUT2D eigenvalue weighted by atomic mass is 16.5. The van der Waals surface area contributed by atoms with E-state index in [1.54, 1.807) is 11.0 Å². The van der Waals surface area contributed by atoms with Gasteiger partial charge in [0, 0.05) is 18.5 Å². The van der Waals surface area contributed by atoms with Crippen molar-refractivity contribution >= 4 is 12.0 Å². The summed E-state index contributed by atoms with van der Waals surface area (Å²) >= 11 is 0. The summed E-state index contributed by atoms with van der Waals surface area (Å²) in [5.41, 5.74) is 0. The van der Waals surface area contributed by atoms with Crippen molar-refractivity contribution in [2.75, 3.05) is 26.4 Å². The molecular formula is C16H21NO4. The Morgan fingerprint density at radius 2 is 2.33 bits per heavy atom. The molecule has 0 radical (unpaired) electrons. The molecule has 0 spiro atoms. The van der Waals surface area contributed by atoms with E-state index in [4.69, 9.17) is 9.15 Å². The zero-order valence-corrected chi connectivity index (χ0v) is 12.2. The van der Waals surface area contributed by atoms with Gasteiger partial charge in [-0.05, 0) is 30.5 Å². The molecule has 1 aliphatic heterocycles. The van der Waals surface area contributed by atoms with Crippen LogP contribution in [0.5, 0.6) is 0 Å². The first kappa shape index (κ1) is 14.4. The maximum atomic E-state index is 12.2. The molecular weight excluding hydrogens is 270 g/mol. The lowest BCUT2D eigenvalue weighted by Gasteiger charge is -2.33. The summed E-state index contributed by atoms with van der Waals surface area (Å²) in [6, 6.07) is 3.63. The molecule has 0 aromatic carbocycles. The van der Waals surface area contributed by atoms with Gasteiger partial charge in [-0.3, -0.25) is 4.79 Å². The Balaban J connectivity index is 1.62. The number of ether oxygens (including phenoxy) is 1. The third kappa shape index (κ3) is 3.19. The Morgan fingerprint density at radius 3 is 3.05 bits per heavy atom. The van der Waals surface area contributed by atoms with E-state index >= 15 is 0 Å². The van der Waals surface area contributed by atoms with Crippen LogP contribution < -0.4 is 0 Å². The molecule has 3 atom stereocenters. The van der Waals surface area contributed by atoms with Gasteiger partial charge >= 0.3 is 0 Å². The van der Waals surface area contributed by atoms with Crippen molar-refractivity contribution in [3.8, 4) is 0 Å². The van der Waals surface area contributed by atoms with E-state index in [1.165, 1.54) is 12.5 Å². The SMILES string of the molecule is CC1CC1c1ccc(/C=C/C(=O)N2CCOCC2CO)o1. The molecule has 2 aliphatic rings. The molecule has 2 heterocycles. The Kier molecular flexibility index (Phi) is 4.12. The van der Waals surface area contributed by atoms with E-state index < -0.39 is 0 Å². The van der Waals surface area contributed by atoms with E-state index in [0.29, 0.717) is 37.4 Å². The van der Waals surface area contributed by atoms with E-state index in [0.717, 1.165) is 5.76 Å². The normalized spacial score (nSPS) is 29.0. The van der Waals surface area contributed by atoms with Crippen molar-refractivity contribution in [1.29, 1.82) is 0 Å². The Hall–Kier alpha value is -1.59. The molecule has 1 N–H and O–H groups in total. The molecule has 3 unspecified atom stereocenters. The number of furan rings is 1. The van der Waals surface area contributed by atoms with Crippen molar-refractivity contribution in [2.24, 2.45) is 5.92 Å². The summed E-state index contributed by atoms with van der Waals surface area (Å²) in [4.78, 5) is 13.8. The molecule has 5 heteroatoms. The molecule has 2 fully saturated rings. The van der Waals surface area contributed by atoms with Gasteiger partial charge in [0.1, 0.15) is 11.5 Å². The lowest BCUT2D eigenvalue weighted by atomic mass is 10.2. The van der Waals surface area contributed by atoms with Crippen LogP contribution in [0.2, 0.25) is 0 Å². The number of aliphatic hydroxyl groups excluding tert-OH is 1. The van der Waals surface area contributed by atoms with Gasteiger partial charge in [-0.25, -0.2) is 0 Å². The molecule has 21 heavy (non-hydrogen) atoms. The molecule has 1 aliphatic carbocycles. The van der Waals surface area contributed by atoms with Gasteiger partial charge < -0.3 is 19.2 Å². The monoisotopic (exact) mass is 291 g/mol. The average molecular weight is 291 g/mol. The highest BCUT2D eigenvalue weighted by Crippen LogP contribution is 2.47. The number of aliphatic hydroxyl groups is 1. The largest absolute Gasteiger partial charge is 0.461 e. The summed E-state index contributed by atoms with van der Waals surface area (Å²) < 4.78 is 11.0. The number of nitrogens with zero attached hydrogens (tertiary/aromatic N) is 1. The van der Waals surface area contributed by atoms with Crippen LogP contribution in [0.15, 0.2) is 22.6 Å². The van der Waals surface area contributed by atoms with Crippen molar-refractivity contribution in [2.45, 2.75) is 25.3 Å². The lowest BCUT2D eigenvalue weighted by molar-refractivity contribution is -0.136. The van der Waals surface area contributed by atoms with Gasteiger partial charge in [-0.1, -0.05) is 6.92 Å². The molecule has 1 aromatic rings. The fraction of sp³-hybridized carbons (Fsp3) is 0.562. The van der Waals surface area contributed by atoms with E-state index in [1.807, 2.05) is 12.1 Å². The van der Waals surface area contributed by atoms with Crippen molar-refractivity contribution in [1.82, 2.24) is 4.90 Å². The van der Waals surface area contributed by atoms with E-state index in [2.05, 4.69) is 6.92 Å². The highest BCUT2D eigenvalue weighted by Gasteiger charge is 2.36. The second kappa shape index (κ2) is 6.03. The molecule has 5 nitrogen and oxygen atoms in total. The lowest BCUT2D eigenvalue weighted by Crippen LogP contribution is -2.49. The summed E-state index contributed by atoms with van der Waals surface area (Å²) in [5, 5.41) is 9.28. The second-order valence-electron chi connectivity index (χ2n) is 5.84. The van der Waals surface area contributed by atoms with Crippen molar-refractivity contribution < 1.29 is 19.1 Å². The van der Waals surface area contributed by atoms with Crippen LogP contribution >= 0.6 is 0 Å². The Morgan fingerprint density at radius 1 is 1.52 bits per heavy atom. The van der Waals surface area contributed by atoms with Crippen LogP contribution in [-0.2, 0) is 9.53 Å². The third-order valence-electron chi connectivity index (χ3n) is 4.23. The number of rotatable bonds is 4. The molecule has 3 rings (SSSR count). The summed E-state index contributed by atoms with van der Waals surface area (Å²) in [6.07, 6.45) is 4.39. The molecule has 114 valence electrons. The van der Waals surface area contributed by atoms with Gasteiger partial charge in [0.2, 0.25) is 5.91 Å². The topological polar surface area (TPSA) is 62.9 Å². The minimum atomic E-state index is -0.254. The van der Waals surface area contributed by atoms with Crippen LogP contribution in [0.1, 0.15) is 30.8 Å². The summed E-state index contributed by atoms with van der Waals surface area (Å²) in [5.74, 6) is 2.84. The zero-order valence-electron chi connectivity index (χ0n) is 12.2. The highest BCUT2D eigenvalue weighted by molar-refractivity contribution is 5.91. The molecule has 1 saturated carbocycles. The molecule has 1 saturated heterocycles. The first-order valence-electron chi connectivity index (χ1n) is 7.46. The predicted octanol–water partition coefficient (Wildman–Crippen LogP) is 1.64. The van der Waals surface area contributed by atoms with Gasteiger partial charge in [-0.2, -0.15) is 0 Å². The number of carbonyl (C=O) groups excluding carboxylic acids is 1. The second-order valence-corrected chi connectivity index (χ2v) is 5.84. The van der Waals surface area contributed by atoms with Gasteiger partial charge in [-0.15, -0.1) is 0 Å². The number of carbonyl (C=O) groups is 1. The maximum absolute atomic E-state index is 12.2. The third-order valence-corrected chi connectivity index (χ3v) is 4.23. The minimum absolute atomic E-state index is 0.0793. The first-order chi connectivity index (χ1) is 10.2. The van der Waals surface area contributed by atoms with Crippen molar-refractivity contribution in [3.05, 3.63) is 29.7 Å². The molecule has 1 aromatic heterocycles. The van der Waals surface area contributed by atoms with Crippen LogP contribution in [0, 0.1) is 5.92 Å². The predicted molar refractivity (Wildman–Crippen MR) is 77.7 cm³/mol. The summed E-state index contributed by atoms with van der Waals surface area (Å²) in [6.45, 7) is 3.54. The van der Waals surface area contributed by atoms with Gasteiger partial charge in [0.05, 0.1) is 25.9 Å². The fourth-order valence-electron chi connectivity index (χ4n) is 2.72. The smallest absolute Gasteiger partial charge is 0.247 e. The number of amides is 1.